The Morgan fingerprint density at radius 3 is 2.21 bits per heavy atom. The van der Waals surface area contributed by atoms with Gasteiger partial charge in [-0.3, -0.25) is 0 Å². The lowest BCUT2D eigenvalue weighted by atomic mass is 10.1. The zero-order valence-electron chi connectivity index (χ0n) is 14.3. The normalized spacial score (nSPS) is 36.4. The predicted molar refractivity (Wildman–Crippen MR) is 110 cm³/mol. The molecule has 0 saturated carbocycles. The molecular formula is C22H23P2+. The minimum atomic E-state index is -1.13. The van der Waals surface area contributed by atoms with Gasteiger partial charge in [0, 0.05) is 16.9 Å². The molecule has 24 heavy (non-hydrogen) atoms. The van der Waals surface area contributed by atoms with Gasteiger partial charge in [0.2, 0.25) is 0 Å². The molecule has 120 valence electrons. The second-order valence-corrected chi connectivity index (χ2v) is 13.5. The Balaban J connectivity index is 1.63. The Morgan fingerprint density at radius 1 is 0.875 bits per heavy atom. The minimum Gasteiger partial charge on any atom is -0.0734 e. The molecule has 0 N–H and O–H groups in total. The Hall–Kier alpha value is -1.22. The first-order chi connectivity index (χ1) is 11.7. The summed E-state index contributed by atoms with van der Waals surface area (Å²) in [7, 11) is -1.21. The predicted octanol–water partition coefficient (Wildman–Crippen LogP) is 5.13. The number of rotatable bonds is 2. The summed E-state index contributed by atoms with van der Waals surface area (Å²) in [6.07, 6.45) is 4.04. The van der Waals surface area contributed by atoms with E-state index in [2.05, 4.69) is 86.4 Å². The molecule has 0 spiro atoms. The molecule has 0 nitrogen and oxygen atoms in total. The summed E-state index contributed by atoms with van der Waals surface area (Å²) in [6, 6.07) is 22.8. The first-order valence-electron chi connectivity index (χ1n) is 8.85. The number of benzene rings is 2. The SMILES string of the molecule is CC1=CC2C[P+]3(c4ccccc4)C=C(C)C3C1P2c1ccccc1. The lowest BCUT2D eigenvalue weighted by Crippen LogP contribution is -2.46. The topological polar surface area (TPSA) is 0 Å². The van der Waals surface area contributed by atoms with Crippen molar-refractivity contribution in [1.82, 2.24) is 0 Å². The summed E-state index contributed by atoms with van der Waals surface area (Å²) >= 11 is 0. The summed E-state index contributed by atoms with van der Waals surface area (Å²) in [5.74, 6) is 2.69. The molecule has 2 bridgehead atoms. The summed E-state index contributed by atoms with van der Waals surface area (Å²) in [5, 5.41) is 3.25. The van der Waals surface area contributed by atoms with Crippen molar-refractivity contribution < 1.29 is 0 Å². The molecule has 5 unspecified atom stereocenters. The third-order valence-electron chi connectivity index (χ3n) is 6.06. The van der Waals surface area contributed by atoms with Gasteiger partial charge in [-0.2, -0.15) is 0 Å². The Labute approximate surface area is 146 Å². The molecule has 2 aromatic rings. The third-order valence-corrected chi connectivity index (χ3v) is 14.6. The first kappa shape index (κ1) is 15.1. The molecule has 5 atom stereocenters. The molecule has 2 heteroatoms. The average Bonchev–Trinajstić information content (AvgIpc) is 2.86. The Kier molecular flexibility index (Phi) is 3.38. The molecule has 0 amide bonds. The van der Waals surface area contributed by atoms with E-state index < -0.39 is 7.26 Å². The molecule has 1 fully saturated rings. The van der Waals surface area contributed by atoms with E-state index in [1.54, 1.807) is 21.8 Å². The standard InChI is InChI=1S/C22H23P2/c1-16-13-19-15-24(20-11-7-4-8-12-20)14-17(2)22(24)21(16)23(19)18-9-5-3-6-10-18/h3-14,19,21-22H,15H2,1-2H3/q+1. The highest BCUT2D eigenvalue weighted by Crippen LogP contribution is 2.83. The van der Waals surface area contributed by atoms with Crippen molar-refractivity contribution in [3.8, 4) is 0 Å². The molecule has 3 heterocycles. The van der Waals surface area contributed by atoms with Crippen LogP contribution in [0.1, 0.15) is 13.8 Å². The van der Waals surface area contributed by atoms with Crippen LogP contribution in [0, 0.1) is 0 Å². The fourth-order valence-corrected chi connectivity index (χ4v) is 15.8. The van der Waals surface area contributed by atoms with Crippen LogP contribution in [-0.4, -0.2) is 23.1 Å². The van der Waals surface area contributed by atoms with Crippen molar-refractivity contribution in [2.45, 2.75) is 30.8 Å². The van der Waals surface area contributed by atoms with Gasteiger partial charge in [0.25, 0.3) is 0 Å². The van der Waals surface area contributed by atoms with E-state index in [9.17, 15) is 0 Å². The third kappa shape index (κ3) is 1.94. The van der Waals surface area contributed by atoms with Gasteiger partial charge in [-0.15, -0.1) is 0 Å². The van der Waals surface area contributed by atoms with Crippen molar-refractivity contribution >= 4 is 25.8 Å². The maximum Gasteiger partial charge on any atom is 0.113 e. The molecule has 2 aromatic carbocycles. The summed E-state index contributed by atoms with van der Waals surface area (Å²) in [5.41, 5.74) is 5.70. The van der Waals surface area contributed by atoms with Crippen molar-refractivity contribution in [1.29, 1.82) is 0 Å². The van der Waals surface area contributed by atoms with Crippen LogP contribution in [0.2, 0.25) is 0 Å². The van der Waals surface area contributed by atoms with Gasteiger partial charge in [0.1, 0.15) is 5.66 Å². The van der Waals surface area contributed by atoms with E-state index in [-0.39, 0.29) is 7.92 Å². The molecular weight excluding hydrogens is 326 g/mol. The van der Waals surface area contributed by atoms with Crippen molar-refractivity contribution in [2.24, 2.45) is 0 Å². The number of hydrogen-bond donors (Lipinski definition) is 0. The van der Waals surface area contributed by atoms with Crippen LogP contribution in [-0.2, 0) is 0 Å². The van der Waals surface area contributed by atoms with Gasteiger partial charge in [-0.05, 0) is 31.3 Å². The van der Waals surface area contributed by atoms with Gasteiger partial charge in [-0.25, -0.2) is 0 Å². The van der Waals surface area contributed by atoms with Crippen molar-refractivity contribution in [3.63, 3.8) is 0 Å². The van der Waals surface area contributed by atoms with Crippen molar-refractivity contribution in [2.75, 3.05) is 6.16 Å². The summed E-state index contributed by atoms with van der Waals surface area (Å²) < 4.78 is 0. The van der Waals surface area contributed by atoms with Crippen LogP contribution in [0.25, 0.3) is 0 Å². The molecule has 0 aromatic heterocycles. The van der Waals surface area contributed by atoms with Crippen LogP contribution >= 0.6 is 15.2 Å². The first-order valence-corrected chi connectivity index (χ1v) is 12.4. The zero-order valence-corrected chi connectivity index (χ0v) is 16.1. The monoisotopic (exact) mass is 349 g/mol. The quantitative estimate of drug-likeness (QED) is 0.521. The van der Waals surface area contributed by atoms with Crippen LogP contribution < -0.4 is 10.6 Å². The van der Waals surface area contributed by atoms with Crippen LogP contribution in [0.15, 0.2) is 83.7 Å². The van der Waals surface area contributed by atoms with Gasteiger partial charge in [0.15, 0.2) is 0 Å². The molecule has 3 aliphatic heterocycles. The van der Waals surface area contributed by atoms with E-state index in [4.69, 9.17) is 0 Å². The average molecular weight is 349 g/mol. The van der Waals surface area contributed by atoms with Crippen molar-refractivity contribution in [3.05, 3.63) is 83.7 Å². The van der Waals surface area contributed by atoms with E-state index in [0.717, 1.165) is 17.0 Å². The minimum absolute atomic E-state index is 0.0867. The molecule has 0 radical (unpaired) electrons. The van der Waals surface area contributed by atoms with Crippen LogP contribution in [0.5, 0.6) is 0 Å². The van der Waals surface area contributed by atoms with E-state index in [0.29, 0.717) is 0 Å². The number of hydrogen-bond acceptors (Lipinski definition) is 0. The van der Waals surface area contributed by atoms with Crippen LogP contribution in [0.4, 0.5) is 0 Å². The maximum atomic E-state index is 2.69. The molecule has 5 rings (SSSR count). The molecule has 0 aliphatic carbocycles. The van der Waals surface area contributed by atoms with Gasteiger partial charge in [-0.1, -0.05) is 68.1 Å². The van der Waals surface area contributed by atoms with Gasteiger partial charge >= 0.3 is 0 Å². The highest BCUT2D eigenvalue weighted by atomic mass is 31.2. The molecule has 3 aliphatic rings. The summed E-state index contributed by atoms with van der Waals surface area (Å²) in [6.45, 7) is 4.79. The fraction of sp³-hybridized carbons (Fsp3) is 0.273. The summed E-state index contributed by atoms with van der Waals surface area (Å²) in [4.78, 5) is 0. The van der Waals surface area contributed by atoms with E-state index in [1.165, 1.54) is 6.16 Å². The number of allylic oxidation sites excluding steroid dienone is 3. The highest BCUT2D eigenvalue weighted by Gasteiger charge is 2.66. The van der Waals surface area contributed by atoms with Crippen LogP contribution in [0.3, 0.4) is 0 Å². The second-order valence-electron chi connectivity index (χ2n) is 7.43. The largest absolute Gasteiger partial charge is 0.113 e. The second kappa shape index (κ2) is 5.39. The zero-order chi connectivity index (χ0) is 16.3. The lowest BCUT2D eigenvalue weighted by Gasteiger charge is -2.50. The molecule has 1 saturated heterocycles. The van der Waals surface area contributed by atoms with Gasteiger partial charge in [0.05, 0.1) is 24.5 Å². The van der Waals surface area contributed by atoms with E-state index in [1.807, 2.05) is 0 Å². The Bertz CT molecular complexity index is 837. The van der Waals surface area contributed by atoms with E-state index >= 15 is 0 Å². The smallest absolute Gasteiger partial charge is 0.0734 e. The lowest BCUT2D eigenvalue weighted by molar-refractivity contribution is 0.914. The maximum absolute atomic E-state index is 2.69. The fourth-order valence-electron chi connectivity index (χ4n) is 5.23. The number of fused-ring (bicyclic) bond motifs is 4. The van der Waals surface area contributed by atoms with Gasteiger partial charge < -0.3 is 0 Å². The Morgan fingerprint density at radius 2 is 1.54 bits per heavy atom. The highest BCUT2D eigenvalue weighted by molar-refractivity contribution is 7.90.